The molecule has 0 atom stereocenters. The van der Waals surface area contributed by atoms with E-state index in [1.807, 2.05) is 0 Å². The number of nitrogens with two attached hydrogens (primary N) is 1. The average molecular weight is 331 g/mol. The molecule has 0 bridgehead atoms. The first kappa shape index (κ1) is 13.2. The van der Waals surface area contributed by atoms with Crippen molar-refractivity contribution in [3.8, 4) is 5.75 Å². The maximum absolute atomic E-state index is 13.5. The Morgan fingerprint density at radius 3 is 2.72 bits per heavy atom. The fourth-order valence-electron chi connectivity index (χ4n) is 1.45. The Balaban J connectivity index is 2.13. The number of ether oxygens (including phenoxy) is 1. The van der Waals surface area contributed by atoms with Crippen LogP contribution in [-0.4, -0.2) is 0 Å². The van der Waals surface area contributed by atoms with Gasteiger partial charge in [-0.25, -0.2) is 4.39 Å². The van der Waals surface area contributed by atoms with E-state index in [0.717, 1.165) is 5.56 Å². The quantitative estimate of drug-likeness (QED) is 0.846. The number of hydrogen-bond donors (Lipinski definition) is 1. The third kappa shape index (κ3) is 3.15. The summed E-state index contributed by atoms with van der Waals surface area (Å²) in [6, 6.07) is 9.70. The van der Waals surface area contributed by atoms with E-state index in [1.54, 1.807) is 30.3 Å². The average Bonchev–Trinajstić information content (AvgIpc) is 2.32. The second-order valence-electron chi connectivity index (χ2n) is 3.71. The third-order valence-corrected chi connectivity index (χ3v) is 3.11. The van der Waals surface area contributed by atoms with Crippen molar-refractivity contribution in [3.05, 3.63) is 57.3 Å². The van der Waals surface area contributed by atoms with Gasteiger partial charge in [-0.15, -0.1) is 0 Å². The van der Waals surface area contributed by atoms with E-state index >= 15 is 0 Å². The minimum Gasteiger partial charge on any atom is -0.486 e. The molecule has 0 unspecified atom stereocenters. The second-order valence-corrected chi connectivity index (χ2v) is 5.06. The van der Waals surface area contributed by atoms with Crippen molar-refractivity contribution >= 4 is 33.2 Å². The summed E-state index contributed by atoms with van der Waals surface area (Å²) in [5.41, 5.74) is 7.07. The summed E-state index contributed by atoms with van der Waals surface area (Å²) in [7, 11) is 0. The van der Waals surface area contributed by atoms with Crippen molar-refractivity contribution in [1.82, 2.24) is 0 Å². The Morgan fingerprint density at radius 1 is 1.22 bits per heavy atom. The lowest BCUT2D eigenvalue weighted by molar-refractivity contribution is 0.291. The molecule has 0 heterocycles. The van der Waals surface area contributed by atoms with Gasteiger partial charge in [0.2, 0.25) is 0 Å². The lowest BCUT2D eigenvalue weighted by Gasteiger charge is -2.09. The predicted octanol–water partition coefficient (Wildman–Crippen LogP) is 4.40. The Bertz CT molecular complexity index is 577. The first-order chi connectivity index (χ1) is 8.56. The molecule has 0 aliphatic carbocycles. The van der Waals surface area contributed by atoms with Gasteiger partial charge in [-0.3, -0.25) is 0 Å². The zero-order chi connectivity index (χ0) is 13.1. The molecule has 2 aromatic rings. The maximum atomic E-state index is 13.5. The smallest absolute Gasteiger partial charge is 0.166 e. The normalized spacial score (nSPS) is 10.4. The van der Waals surface area contributed by atoms with Crippen molar-refractivity contribution in [1.29, 1.82) is 0 Å². The van der Waals surface area contributed by atoms with Gasteiger partial charge in [-0.05, 0) is 36.4 Å². The van der Waals surface area contributed by atoms with Crippen LogP contribution < -0.4 is 10.5 Å². The molecular weight excluding hydrogens is 321 g/mol. The van der Waals surface area contributed by atoms with Gasteiger partial charge in [0.05, 0.1) is 0 Å². The Hall–Kier alpha value is -1.26. The van der Waals surface area contributed by atoms with Crippen molar-refractivity contribution in [2.24, 2.45) is 0 Å². The predicted molar refractivity (Wildman–Crippen MR) is 74.3 cm³/mol. The standard InChI is InChI=1S/C13H10BrClFNO/c14-9-1-4-13(11(16)6-9)18-7-8-5-10(15)2-3-12(8)17/h1-6H,7,17H2. The minimum atomic E-state index is -0.426. The van der Waals surface area contributed by atoms with Crippen LogP contribution in [0, 0.1) is 5.82 Å². The van der Waals surface area contributed by atoms with E-state index < -0.39 is 5.82 Å². The molecule has 0 saturated heterocycles. The highest BCUT2D eigenvalue weighted by atomic mass is 79.9. The molecule has 2 rings (SSSR count). The SMILES string of the molecule is Nc1ccc(Cl)cc1COc1ccc(Br)cc1F. The van der Waals surface area contributed by atoms with Crippen molar-refractivity contribution in [2.75, 3.05) is 5.73 Å². The van der Waals surface area contributed by atoms with E-state index in [-0.39, 0.29) is 12.4 Å². The van der Waals surface area contributed by atoms with Crippen molar-refractivity contribution < 1.29 is 9.13 Å². The zero-order valence-corrected chi connectivity index (χ0v) is 11.6. The lowest BCUT2D eigenvalue weighted by Crippen LogP contribution is -2.01. The van der Waals surface area contributed by atoms with Gasteiger partial charge in [0.1, 0.15) is 6.61 Å². The molecule has 5 heteroatoms. The number of halogens is 3. The summed E-state index contributed by atoms with van der Waals surface area (Å²) in [6.45, 7) is 0.172. The van der Waals surface area contributed by atoms with Crippen LogP contribution in [0.1, 0.15) is 5.56 Å². The van der Waals surface area contributed by atoms with Crippen molar-refractivity contribution in [3.63, 3.8) is 0 Å². The zero-order valence-electron chi connectivity index (χ0n) is 9.29. The molecular formula is C13H10BrClFNO. The van der Waals surface area contributed by atoms with Crippen LogP contribution >= 0.6 is 27.5 Å². The van der Waals surface area contributed by atoms with E-state index in [2.05, 4.69) is 15.9 Å². The van der Waals surface area contributed by atoms with Gasteiger partial charge in [0.25, 0.3) is 0 Å². The highest BCUT2D eigenvalue weighted by Gasteiger charge is 2.06. The van der Waals surface area contributed by atoms with Crippen LogP contribution in [0.15, 0.2) is 40.9 Å². The first-order valence-corrected chi connectivity index (χ1v) is 6.35. The molecule has 2 aromatic carbocycles. The summed E-state index contributed by atoms with van der Waals surface area (Å²) in [5.74, 6) is -0.248. The summed E-state index contributed by atoms with van der Waals surface area (Å²) in [6.07, 6.45) is 0. The Labute approximate surface area is 118 Å². The van der Waals surface area contributed by atoms with Crippen LogP contribution in [0.5, 0.6) is 5.75 Å². The second kappa shape index (κ2) is 5.59. The molecule has 0 amide bonds. The largest absolute Gasteiger partial charge is 0.486 e. The van der Waals surface area contributed by atoms with Gasteiger partial charge in [0, 0.05) is 20.7 Å². The molecule has 0 radical (unpaired) electrons. The van der Waals surface area contributed by atoms with Gasteiger partial charge in [-0.2, -0.15) is 0 Å². The van der Waals surface area contributed by atoms with Crippen LogP contribution in [-0.2, 0) is 6.61 Å². The van der Waals surface area contributed by atoms with Gasteiger partial charge in [-0.1, -0.05) is 27.5 Å². The lowest BCUT2D eigenvalue weighted by atomic mass is 10.2. The molecule has 2 nitrogen and oxygen atoms in total. The fourth-order valence-corrected chi connectivity index (χ4v) is 1.97. The van der Waals surface area contributed by atoms with E-state index in [1.165, 1.54) is 6.07 Å². The van der Waals surface area contributed by atoms with Crippen LogP contribution in [0.2, 0.25) is 5.02 Å². The Morgan fingerprint density at radius 2 is 2.00 bits per heavy atom. The molecule has 0 spiro atoms. The third-order valence-electron chi connectivity index (χ3n) is 2.38. The summed E-state index contributed by atoms with van der Waals surface area (Å²) >= 11 is 9.04. The molecule has 94 valence electrons. The number of anilines is 1. The number of rotatable bonds is 3. The monoisotopic (exact) mass is 329 g/mol. The van der Waals surface area contributed by atoms with Crippen LogP contribution in [0.4, 0.5) is 10.1 Å². The Kier molecular flexibility index (Phi) is 4.09. The van der Waals surface area contributed by atoms with Gasteiger partial charge in [0.15, 0.2) is 11.6 Å². The molecule has 18 heavy (non-hydrogen) atoms. The topological polar surface area (TPSA) is 35.2 Å². The fraction of sp³-hybridized carbons (Fsp3) is 0.0769. The van der Waals surface area contributed by atoms with E-state index in [9.17, 15) is 4.39 Å². The minimum absolute atomic E-state index is 0.172. The highest BCUT2D eigenvalue weighted by Crippen LogP contribution is 2.24. The maximum Gasteiger partial charge on any atom is 0.166 e. The number of benzene rings is 2. The first-order valence-electron chi connectivity index (χ1n) is 5.18. The summed E-state index contributed by atoms with van der Waals surface area (Å²) in [5, 5.41) is 0.569. The molecule has 0 fully saturated rings. The van der Waals surface area contributed by atoms with Crippen LogP contribution in [0.3, 0.4) is 0 Å². The number of hydrogen-bond acceptors (Lipinski definition) is 2. The molecule has 2 N–H and O–H groups in total. The molecule has 0 saturated carbocycles. The summed E-state index contributed by atoms with van der Waals surface area (Å²) < 4.78 is 19.6. The summed E-state index contributed by atoms with van der Waals surface area (Å²) in [4.78, 5) is 0. The molecule has 0 aliphatic heterocycles. The van der Waals surface area contributed by atoms with E-state index in [4.69, 9.17) is 22.1 Å². The van der Waals surface area contributed by atoms with E-state index in [0.29, 0.717) is 15.2 Å². The van der Waals surface area contributed by atoms with Gasteiger partial charge < -0.3 is 10.5 Å². The van der Waals surface area contributed by atoms with Gasteiger partial charge >= 0.3 is 0 Å². The molecule has 0 aromatic heterocycles. The molecule has 0 aliphatic rings. The highest BCUT2D eigenvalue weighted by molar-refractivity contribution is 9.10. The van der Waals surface area contributed by atoms with Crippen LogP contribution in [0.25, 0.3) is 0 Å². The number of nitrogen functional groups attached to an aromatic ring is 1. The van der Waals surface area contributed by atoms with Crippen molar-refractivity contribution in [2.45, 2.75) is 6.61 Å².